The predicted molar refractivity (Wildman–Crippen MR) is 116 cm³/mol. The molecule has 2 aromatic heterocycles. The maximum absolute atomic E-state index is 12.5. The van der Waals surface area contributed by atoms with Crippen molar-refractivity contribution in [1.82, 2.24) is 14.9 Å². The zero-order chi connectivity index (χ0) is 20.3. The van der Waals surface area contributed by atoms with Crippen LogP contribution in [-0.2, 0) is 0 Å². The minimum Gasteiger partial charge on any atom is -0.459 e. The Balaban J connectivity index is 1.36. The summed E-state index contributed by atoms with van der Waals surface area (Å²) in [7, 11) is 0. The number of rotatable bonds is 4. The van der Waals surface area contributed by atoms with Gasteiger partial charge in [-0.05, 0) is 37.1 Å². The van der Waals surface area contributed by atoms with E-state index in [-0.39, 0.29) is 11.9 Å². The molecule has 1 aliphatic rings. The molecular weight excluding hydrogens is 376 g/mol. The van der Waals surface area contributed by atoms with E-state index in [1.807, 2.05) is 59.5 Å². The van der Waals surface area contributed by atoms with Gasteiger partial charge in [-0.3, -0.25) is 4.79 Å². The molecule has 0 unspecified atom stereocenters. The van der Waals surface area contributed by atoms with E-state index in [4.69, 9.17) is 14.4 Å². The van der Waals surface area contributed by atoms with Crippen molar-refractivity contribution in [3.8, 4) is 11.4 Å². The number of amides is 1. The molecule has 0 aliphatic carbocycles. The largest absolute Gasteiger partial charge is 0.459 e. The number of furan rings is 1. The van der Waals surface area contributed by atoms with Gasteiger partial charge in [0.15, 0.2) is 11.6 Å². The molecule has 0 bridgehead atoms. The number of aromatic nitrogens is 2. The lowest BCUT2D eigenvalue weighted by Crippen LogP contribution is -2.42. The number of carbonyl (C=O) groups excluding carboxylic acids is 1. The van der Waals surface area contributed by atoms with E-state index in [9.17, 15) is 4.79 Å². The van der Waals surface area contributed by atoms with Crippen LogP contribution >= 0.6 is 0 Å². The Morgan fingerprint density at radius 2 is 1.70 bits per heavy atom. The number of benzene rings is 2. The second-order valence-corrected chi connectivity index (χ2v) is 7.47. The quantitative estimate of drug-likeness (QED) is 0.544. The van der Waals surface area contributed by atoms with Crippen LogP contribution in [0.15, 0.2) is 77.4 Å². The normalized spacial score (nSPS) is 14.7. The third-order valence-corrected chi connectivity index (χ3v) is 5.49. The summed E-state index contributed by atoms with van der Waals surface area (Å²) in [6.45, 7) is 1.37. The predicted octanol–water partition coefficient (Wildman–Crippen LogP) is 4.61. The molecule has 150 valence electrons. The first-order chi connectivity index (χ1) is 14.8. The lowest BCUT2D eigenvalue weighted by atomic mass is 10.0. The highest BCUT2D eigenvalue weighted by Crippen LogP contribution is 2.27. The number of nitrogens with one attached hydrogen (secondary N) is 1. The van der Waals surface area contributed by atoms with Crippen LogP contribution in [0.5, 0.6) is 0 Å². The molecule has 0 spiro atoms. The van der Waals surface area contributed by atoms with Gasteiger partial charge in [0, 0.05) is 30.1 Å². The van der Waals surface area contributed by atoms with Crippen molar-refractivity contribution in [2.45, 2.75) is 18.9 Å². The zero-order valence-electron chi connectivity index (χ0n) is 16.5. The number of piperidine rings is 1. The van der Waals surface area contributed by atoms with E-state index in [1.165, 1.54) is 6.26 Å². The SMILES string of the molecule is O=C(c1ccco1)N1CCC(Nc2nc(-c3ccccc3)nc3ccccc23)CC1. The number of anilines is 1. The van der Waals surface area contributed by atoms with Gasteiger partial charge in [0.1, 0.15) is 5.82 Å². The third kappa shape index (κ3) is 3.64. The molecule has 2 aromatic carbocycles. The maximum atomic E-state index is 12.5. The second-order valence-electron chi connectivity index (χ2n) is 7.47. The molecule has 1 N–H and O–H groups in total. The first-order valence-corrected chi connectivity index (χ1v) is 10.2. The Hall–Kier alpha value is -3.67. The molecule has 3 heterocycles. The van der Waals surface area contributed by atoms with Crippen LogP contribution in [0.25, 0.3) is 22.3 Å². The zero-order valence-corrected chi connectivity index (χ0v) is 16.5. The molecule has 1 saturated heterocycles. The number of fused-ring (bicyclic) bond motifs is 1. The molecule has 0 radical (unpaired) electrons. The summed E-state index contributed by atoms with van der Waals surface area (Å²) >= 11 is 0. The minimum atomic E-state index is -0.0442. The molecule has 1 fully saturated rings. The van der Waals surface area contributed by atoms with Gasteiger partial charge in [-0.15, -0.1) is 0 Å². The number of carbonyl (C=O) groups is 1. The maximum Gasteiger partial charge on any atom is 0.289 e. The van der Waals surface area contributed by atoms with Crippen molar-refractivity contribution in [1.29, 1.82) is 0 Å². The fraction of sp³-hybridized carbons (Fsp3) is 0.208. The van der Waals surface area contributed by atoms with Crippen molar-refractivity contribution < 1.29 is 9.21 Å². The highest BCUT2D eigenvalue weighted by Gasteiger charge is 2.25. The monoisotopic (exact) mass is 398 g/mol. The van der Waals surface area contributed by atoms with Gasteiger partial charge in [-0.2, -0.15) is 0 Å². The minimum absolute atomic E-state index is 0.0442. The highest BCUT2D eigenvalue weighted by molar-refractivity contribution is 5.92. The summed E-state index contributed by atoms with van der Waals surface area (Å²) in [5, 5.41) is 4.62. The van der Waals surface area contributed by atoms with Crippen LogP contribution in [0.2, 0.25) is 0 Å². The van der Waals surface area contributed by atoms with Gasteiger partial charge >= 0.3 is 0 Å². The topological polar surface area (TPSA) is 71.3 Å². The molecule has 1 aliphatic heterocycles. The van der Waals surface area contributed by atoms with Gasteiger partial charge in [-0.1, -0.05) is 42.5 Å². The molecule has 0 saturated carbocycles. The number of hydrogen-bond donors (Lipinski definition) is 1. The van der Waals surface area contributed by atoms with Crippen LogP contribution in [0, 0.1) is 0 Å². The van der Waals surface area contributed by atoms with E-state index >= 15 is 0 Å². The van der Waals surface area contributed by atoms with E-state index in [0.717, 1.165) is 35.1 Å². The highest BCUT2D eigenvalue weighted by atomic mass is 16.3. The van der Waals surface area contributed by atoms with Crippen molar-refractivity contribution in [2.24, 2.45) is 0 Å². The van der Waals surface area contributed by atoms with Crippen molar-refractivity contribution >= 4 is 22.6 Å². The Morgan fingerprint density at radius 3 is 2.47 bits per heavy atom. The summed E-state index contributed by atoms with van der Waals surface area (Å²) in [5.41, 5.74) is 1.91. The van der Waals surface area contributed by atoms with Crippen LogP contribution in [-0.4, -0.2) is 39.9 Å². The van der Waals surface area contributed by atoms with E-state index in [0.29, 0.717) is 24.7 Å². The first-order valence-electron chi connectivity index (χ1n) is 10.2. The Bertz CT molecular complexity index is 1150. The summed E-state index contributed by atoms with van der Waals surface area (Å²) in [6, 6.07) is 21.8. The fourth-order valence-electron chi connectivity index (χ4n) is 3.88. The van der Waals surface area contributed by atoms with Crippen LogP contribution in [0.3, 0.4) is 0 Å². The van der Waals surface area contributed by atoms with Gasteiger partial charge < -0.3 is 14.6 Å². The number of likely N-dealkylation sites (tertiary alicyclic amines) is 1. The van der Waals surface area contributed by atoms with Gasteiger partial charge in [0.25, 0.3) is 5.91 Å². The first kappa shape index (κ1) is 18.4. The van der Waals surface area contributed by atoms with Crippen molar-refractivity contribution in [3.05, 3.63) is 78.8 Å². The molecular formula is C24H22N4O2. The Morgan fingerprint density at radius 1 is 0.933 bits per heavy atom. The fourth-order valence-corrected chi connectivity index (χ4v) is 3.88. The standard InChI is InChI=1S/C24H22N4O2/c29-24(21-11-6-16-30-21)28-14-12-18(13-15-28)25-23-19-9-4-5-10-20(19)26-22(27-23)17-7-2-1-3-8-17/h1-11,16,18H,12-15H2,(H,25,26,27). The molecule has 30 heavy (non-hydrogen) atoms. The van der Waals surface area contributed by atoms with Gasteiger partial charge in [0.2, 0.25) is 0 Å². The van der Waals surface area contributed by atoms with Crippen LogP contribution in [0.4, 0.5) is 5.82 Å². The third-order valence-electron chi connectivity index (χ3n) is 5.49. The van der Waals surface area contributed by atoms with E-state index in [2.05, 4.69) is 5.32 Å². The molecule has 6 nitrogen and oxygen atoms in total. The van der Waals surface area contributed by atoms with E-state index in [1.54, 1.807) is 12.1 Å². The average molecular weight is 398 g/mol. The number of para-hydroxylation sites is 1. The summed E-state index contributed by atoms with van der Waals surface area (Å²) in [5.74, 6) is 1.91. The molecule has 0 atom stereocenters. The summed E-state index contributed by atoms with van der Waals surface area (Å²) in [4.78, 5) is 23.9. The molecule has 1 amide bonds. The second kappa shape index (κ2) is 7.99. The van der Waals surface area contributed by atoms with Crippen LogP contribution in [0.1, 0.15) is 23.4 Å². The summed E-state index contributed by atoms with van der Waals surface area (Å²) < 4.78 is 5.25. The lowest BCUT2D eigenvalue weighted by Gasteiger charge is -2.32. The average Bonchev–Trinajstić information content (AvgIpc) is 3.35. The van der Waals surface area contributed by atoms with Crippen molar-refractivity contribution in [2.75, 3.05) is 18.4 Å². The van der Waals surface area contributed by atoms with Gasteiger partial charge in [0.05, 0.1) is 11.8 Å². The number of hydrogen-bond acceptors (Lipinski definition) is 5. The smallest absolute Gasteiger partial charge is 0.289 e. The summed E-state index contributed by atoms with van der Waals surface area (Å²) in [6.07, 6.45) is 3.24. The Labute approximate surface area is 174 Å². The molecule has 6 heteroatoms. The Kier molecular flexibility index (Phi) is 4.89. The van der Waals surface area contributed by atoms with Crippen molar-refractivity contribution in [3.63, 3.8) is 0 Å². The van der Waals surface area contributed by atoms with Gasteiger partial charge in [-0.25, -0.2) is 9.97 Å². The number of nitrogens with zero attached hydrogens (tertiary/aromatic N) is 3. The molecule has 4 aromatic rings. The van der Waals surface area contributed by atoms with E-state index < -0.39 is 0 Å². The molecule has 5 rings (SSSR count). The lowest BCUT2D eigenvalue weighted by molar-refractivity contribution is 0.0686. The van der Waals surface area contributed by atoms with Crippen LogP contribution < -0.4 is 5.32 Å².